The zero-order valence-electron chi connectivity index (χ0n) is 10.2. The lowest BCUT2D eigenvalue weighted by Crippen LogP contribution is -2.14. The summed E-state index contributed by atoms with van der Waals surface area (Å²) in [5.74, 6) is 3.00. The molecular formula is C14H19NO2. The van der Waals surface area contributed by atoms with E-state index in [9.17, 15) is 0 Å². The molecule has 2 atom stereocenters. The van der Waals surface area contributed by atoms with Crippen molar-refractivity contribution in [3.05, 3.63) is 23.3 Å². The Kier molecular flexibility index (Phi) is 2.71. The van der Waals surface area contributed by atoms with Crippen molar-refractivity contribution < 1.29 is 9.47 Å². The number of rotatable bonds is 2. The van der Waals surface area contributed by atoms with E-state index in [0.29, 0.717) is 18.4 Å². The van der Waals surface area contributed by atoms with E-state index in [2.05, 4.69) is 0 Å². The number of hydrogen-bond acceptors (Lipinski definition) is 3. The van der Waals surface area contributed by atoms with Crippen LogP contribution in [0.15, 0.2) is 12.1 Å². The molecule has 17 heavy (non-hydrogen) atoms. The number of hydrogen-bond donors (Lipinski definition) is 1. The Morgan fingerprint density at radius 3 is 3.00 bits per heavy atom. The third-order valence-electron chi connectivity index (χ3n) is 4.07. The van der Waals surface area contributed by atoms with E-state index in [1.807, 2.05) is 12.1 Å². The van der Waals surface area contributed by atoms with Crippen molar-refractivity contribution in [1.29, 1.82) is 0 Å². The predicted octanol–water partition coefficient (Wildman–Crippen LogP) is 2.40. The second kappa shape index (κ2) is 4.22. The van der Waals surface area contributed by atoms with Crippen LogP contribution in [0.4, 0.5) is 0 Å². The van der Waals surface area contributed by atoms with Gasteiger partial charge in [-0.25, -0.2) is 0 Å². The summed E-state index contributed by atoms with van der Waals surface area (Å²) in [4.78, 5) is 0. The molecule has 0 amide bonds. The largest absolute Gasteiger partial charge is 0.496 e. The molecule has 2 N–H and O–H groups in total. The average Bonchev–Trinajstić information content (AvgIpc) is 2.67. The molecule has 1 aromatic carbocycles. The van der Waals surface area contributed by atoms with Crippen molar-refractivity contribution in [3.63, 3.8) is 0 Å². The van der Waals surface area contributed by atoms with Gasteiger partial charge >= 0.3 is 0 Å². The number of benzene rings is 1. The molecule has 0 bridgehead atoms. The van der Waals surface area contributed by atoms with E-state index >= 15 is 0 Å². The van der Waals surface area contributed by atoms with Crippen molar-refractivity contribution in [1.82, 2.24) is 0 Å². The SMILES string of the molecule is COc1ccc2c3c1[C@@H](CN)CCC[C@@H]3CO2. The molecule has 1 aliphatic carbocycles. The molecule has 3 rings (SSSR count). The van der Waals surface area contributed by atoms with Crippen molar-refractivity contribution >= 4 is 0 Å². The highest BCUT2D eigenvalue weighted by Crippen LogP contribution is 2.48. The molecule has 0 saturated carbocycles. The van der Waals surface area contributed by atoms with Gasteiger partial charge in [-0.15, -0.1) is 0 Å². The minimum Gasteiger partial charge on any atom is -0.496 e. The van der Waals surface area contributed by atoms with Crippen LogP contribution in [0.1, 0.15) is 42.2 Å². The molecule has 0 spiro atoms. The van der Waals surface area contributed by atoms with E-state index < -0.39 is 0 Å². The van der Waals surface area contributed by atoms with Crippen LogP contribution in [0.2, 0.25) is 0 Å². The molecule has 1 aromatic rings. The molecule has 0 fully saturated rings. The minimum atomic E-state index is 0.423. The van der Waals surface area contributed by atoms with Crippen LogP contribution in [-0.2, 0) is 0 Å². The minimum absolute atomic E-state index is 0.423. The molecule has 3 nitrogen and oxygen atoms in total. The van der Waals surface area contributed by atoms with Gasteiger partial charge in [0.2, 0.25) is 0 Å². The summed E-state index contributed by atoms with van der Waals surface area (Å²) in [6.45, 7) is 1.52. The first-order valence-corrected chi connectivity index (χ1v) is 6.38. The normalized spacial score (nSPS) is 26.0. The lowest BCUT2D eigenvalue weighted by atomic mass is 9.89. The Bertz CT molecular complexity index is 430. The van der Waals surface area contributed by atoms with Gasteiger partial charge in [-0.05, 0) is 31.5 Å². The molecule has 0 radical (unpaired) electrons. The summed E-state index contributed by atoms with van der Waals surface area (Å²) in [5.41, 5.74) is 8.62. The zero-order valence-corrected chi connectivity index (χ0v) is 10.2. The van der Waals surface area contributed by atoms with Gasteiger partial charge in [0.1, 0.15) is 11.5 Å². The van der Waals surface area contributed by atoms with Crippen LogP contribution in [0.3, 0.4) is 0 Å². The maximum Gasteiger partial charge on any atom is 0.123 e. The van der Waals surface area contributed by atoms with Gasteiger partial charge in [-0.3, -0.25) is 0 Å². The maximum absolute atomic E-state index is 5.93. The predicted molar refractivity (Wildman–Crippen MR) is 66.9 cm³/mol. The molecule has 1 heterocycles. The molecule has 0 saturated heterocycles. The first-order valence-electron chi connectivity index (χ1n) is 6.38. The Hall–Kier alpha value is -1.22. The second-order valence-electron chi connectivity index (χ2n) is 4.96. The first-order chi connectivity index (χ1) is 8.35. The Morgan fingerprint density at radius 2 is 2.24 bits per heavy atom. The molecular weight excluding hydrogens is 214 g/mol. The fraction of sp³-hybridized carbons (Fsp3) is 0.571. The van der Waals surface area contributed by atoms with Crippen molar-refractivity contribution in [3.8, 4) is 11.5 Å². The van der Waals surface area contributed by atoms with Gasteiger partial charge in [-0.1, -0.05) is 6.42 Å². The smallest absolute Gasteiger partial charge is 0.123 e. The van der Waals surface area contributed by atoms with Crippen molar-refractivity contribution in [2.75, 3.05) is 20.3 Å². The van der Waals surface area contributed by atoms with Gasteiger partial charge in [0.15, 0.2) is 0 Å². The van der Waals surface area contributed by atoms with Crippen molar-refractivity contribution in [2.24, 2.45) is 5.73 Å². The Morgan fingerprint density at radius 1 is 1.35 bits per heavy atom. The third kappa shape index (κ3) is 1.61. The highest BCUT2D eigenvalue weighted by atomic mass is 16.5. The summed E-state index contributed by atoms with van der Waals surface area (Å²) in [6.07, 6.45) is 3.61. The highest BCUT2D eigenvalue weighted by molar-refractivity contribution is 5.54. The van der Waals surface area contributed by atoms with Crippen LogP contribution in [0, 0.1) is 0 Å². The molecule has 1 aliphatic heterocycles. The first kappa shape index (κ1) is 10.9. The molecule has 3 heteroatoms. The summed E-state index contributed by atoms with van der Waals surface area (Å²) in [7, 11) is 1.74. The quantitative estimate of drug-likeness (QED) is 0.853. The Balaban J connectivity index is 2.19. The molecule has 0 unspecified atom stereocenters. The van der Waals surface area contributed by atoms with Crippen LogP contribution in [0.25, 0.3) is 0 Å². The summed E-state index contributed by atoms with van der Waals surface area (Å²) in [6, 6.07) is 4.06. The fourth-order valence-electron chi connectivity index (χ4n) is 3.23. The molecule has 2 aliphatic rings. The monoisotopic (exact) mass is 233 g/mol. The summed E-state index contributed by atoms with van der Waals surface area (Å²) < 4.78 is 11.3. The topological polar surface area (TPSA) is 44.5 Å². The number of methoxy groups -OCH3 is 1. The van der Waals surface area contributed by atoms with E-state index in [0.717, 1.165) is 18.1 Å². The fourth-order valence-corrected chi connectivity index (χ4v) is 3.23. The second-order valence-corrected chi connectivity index (χ2v) is 4.96. The van der Waals surface area contributed by atoms with Crippen LogP contribution in [0.5, 0.6) is 11.5 Å². The lowest BCUT2D eigenvalue weighted by molar-refractivity contribution is 0.322. The van der Waals surface area contributed by atoms with Gasteiger partial charge in [0.25, 0.3) is 0 Å². The van der Waals surface area contributed by atoms with Gasteiger partial charge in [0.05, 0.1) is 13.7 Å². The van der Waals surface area contributed by atoms with E-state index in [1.54, 1.807) is 7.11 Å². The average molecular weight is 233 g/mol. The van der Waals surface area contributed by atoms with E-state index in [1.165, 1.54) is 30.4 Å². The van der Waals surface area contributed by atoms with E-state index in [4.69, 9.17) is 15.2 Å². The van der Waals surface area contributed by atoms with Crippen LogP contribution < -0.4 is 15.2 Å². The maximum atomic E-state index is 5.93. The number of nitrogens with two attached hydrogens (primary N) is 1. The van der Waals surface area contributed by atoms with E-state index in [-0.39, 0.29) is 0 Å². The number of ether oxygens (including phenoxy) is 2. The zero-order chi connectivity index (χ0) is 11.8. The lowest BCUT2D eigenvalue weighted by Gasteiger charge is -2.19. The Labute approximate surface area is 102 Å². The van der Waals surface area contributed by atoms with Gasteiger partial charge in [-0.2, -0.15) is 0 Å². The highest BCUT2D eigenvalue weighted by Gasteiger charge is 2.34. The van der Waals surface area contributed by atoms with Crippen molar-refractivity contribution in [2.45, 2.75) is 31.1 Å². The summed E-state index contributed by atoms with van der Waals surface area (Å²) in [5, 5.41) is 0. The molecule has 0 aromatic heterocycles. The van der Waals surface area contributed by atoms with Gasteiger partial charge < -0.3 is 15.2 Å². The van der Waals surface area contributed by atoms with Gasteiger partial charge in [0, 0.05) is 23.0 Å². The van der Waals surface area contributed by atoms with Crippen LogP contribution in [-0.4, -0.2) is 20.3 Å². The summed E-state index contributed by atoms with van der Waals surface area (Å²) >= 11 is 0. The molecule has 92 valence electrons. The standard InChI is InChI=1S/C14H19NO2/c1-16-11-5-6-12-14-10(8-17-12)4-2-3-9(7-15)13(11)14/h5-6,9-10H,2-4,7-8,15H2,1H3/t9-,10-/m1/s1. The van der Waals surface area contributed by atoms with Crippen LogP contribution >= 0.6 is 0 Å². The third-order valence-corrected chi connectivity index (χ3v) is 4.07.